The Bertz CT molecular complexity index is 586. The first kappa shape index (κ1) is 11.9. The molecule has 0 unspecified atom stereocenters. The summed E-state index contributed by atoms with van der Waals surface area (Å²) < 4.78 is 0. The number of nitrogens with one attached hydrogen (secondary N) is 2. The van der Waals surface area contributed by atoms with E-state index in [0.717, 1.165) is 11.1 Å². The van der Waals surface area contributed by atoms with Crippen LogP contribution in [0.3, 0.4) is 0 Å². The summed E-state index contributed by atoms with van der Waals surface area (Å²) in [6.45, 7) is 0. The molecule has 4 heteroatoms. The molecule has 1 saturated heterocycles. The number of hydrogen-bond acceptors (Lipinski definition) is 2. The predicted octanol–water partition coefficient (Wildman–Crippen LogP) is 2.57. The molecule has 2 aromatic rings. The molecule has 0 saturated carbocycles. The second kappa shape index (κ2) is 4.48. The van der Waals surface area contributed by atoms with Crippen molar-refractivity contribution < 1.29 is 4.79 Å². The molecule has 1 aliphatic rings. The van der Waals surface area contributed by atoms with Crippen LogP contribution in [0.2, 0.25) is 0 Å². The molecule has 0 atom stereocenters. The van der Waals surface area contributed by atoms with E-state index in [1.807, 2.05) is 60.7 Å². The fourth-order valence-corrected chi connectivity index (χ4v) is 2.78. The molecule has 2 aromatic carbocycles. The van der Waals surface area contributed by atoms with E-state index < -0.39 is 5.54 Å². The van der Waals surface area contributed by atoms with Crippen LogP contribution in [-0.4, -0.2) is 11.0 Å². The maximum Gasteiger partial charge on any atom is 0.321 e. The van der Waals surface area contributed by atoms with Crippen molar-refractivity contribution in [3.63, 3.8) is 0 Å². The van der Waals surface area contributed by atoms with Gasteiger partial charge in [0.25, 0.3) is 0 Å². The minimum Gasteiger partial charge on any atom is -0.318 e. The largest absolute Gasteiger partial charge is 0.321 e. The van der Waals surface area contributed by atoms with Crippen molar-refractivity contribution in [3.05, 3.63) is 71.8 Å². The van der Waals surface area contributed by atoms with Gasteiger partial charge in [0.05, 0.1) is 0 Å². The van der Waals surface area contributed by atoms with E-state index >= 15 is 0 Å². The van der Waals surface area contributed by atoms with Crippen LogP contribution in [0.4, 0.5) is 4.79 Å². The van der Waals surface area contributed by atoms with Crippen LogP contribution in [0, 0.1) is 0 Å². The highest BCUT2D eigenvalue weighted by molar-refractivity contribution is 7.80. The Labute approximate surface area is 116 Å². The standard InChI is InChI=1S/C15H12N2OS/c18-14-16-13(19)15(17-14,11-7-3-1-4-8-11)12-9-5-2-6-10-12/h1-10H,(H2,16,17,18,19). The Balaban J connectivity index is 2.23. The second-order valence-electron chi connectivity index (χ2n) is 4.39. The summed E-state index contributed by atoms with van der Waals surface area (Å²) in [7, 11) is 0. The number of thiocarbonyl (C=S) groups is 1. The number of carbonyl (C=O) groups excluding carboxylic acids is 1. The normalized spacial score (nSPS) is 16.8. The number of amides is 2. The van der Waals surface area contributed by atoms with E-state index in [-0.39, 0.29) is 6.03 Å². The third kappa shape index (κ3) is 1.81. The van der Waals surface area contributed by atoms with Crippen LogP contribution >= 0.6 is 12.2 Å². The zero-order chi connectivity index (χ0) is 13.3. The maximum atomic E-state index is 11.7. The predicted molar refractivity (Wildman–Crippen MR) is 77.9 cm³/mol. The molecule has 2 amide bonds. The molecule has 0 bridgehead atoms. The van der Waals surface area contributed by atoms with Gasteiger partial charge in [-0.2, -0.15) is 0 Å². The summed E-state index contributed by atoms with van der Waals surface area (Å²) in [5.41, 5.74) is 1.13. The fourth-order valence-electron chi connectivity index (χ4n) is 2.40. The van der Waals surface area contributed by atoms with E-state index in [1.165, 1.54) is 0 Å². The summed E-state index contributed by atoms with van der Waals surface area (Å²) in [5, 5.41) is 5.64. The minimum absolute atomic E-state index is 0.266. The number of urea groups is 1. The van der Waals surface area contributed by atoms with Gasteiger partial charge in [-0.05, 0) is 11.1 Å². The Morgan fingerprint density at radius 1 is 0.842 bits per heavy atom. The first-order valence-electron chi connectivity index (χ1n) is 5.98. The van der Waals surface area contributed by atoms with Crippen LogP contribution in [0.15, 0.2) is 60.7 Å². The molecule has 1 fully saturated rings. The quantitative estimate of drug-likeness (QED) is 0.822. The van der Waals surface area contributed by atoms with Crippen LogP contribution < -0.4 is 10.6 Å². The number of carbonyl (C=O) groups is 1. The van der Waals surface area contributed by atoms with E-state index in [0.29, 0.717) is 4.99 Å². The van der Waals surface area contributed by atoms with Gasteiger partial charge in [-0.1, -0.05) is 72.9 Å². The van der Waals surface area contributed by atoms with Gasteiger partial charge in [-0.3, -0.25) is 5.32 Å². The Kier molecular flexibility index (Phi) is 2.80. The maximum absolute atomic E-state index is 11.7. The third-order valence-corrected chi connectivity index (χ3v) is 3.69. The molecule has 19 heavy (non-hydrogen) atoms. The highest BCUT2D eigenvalue weighted by atomic mass is 32.1. The first-order valence-corrected chi connectivity index (χ1v) is 6.39. The highest BCUT2D eigenvalue weighted by Gasteiger charge is 2.45. The van der Waals surface area contributed by atoms with Gasteiger partial charge in [0.1, 0.15) is 10.5 Å². The van der Waals surface area contributed by atoms with E-state index in [1.54, 1.807) is 0 Å². The molecule has 0 aliphatic carbocycles. The number of hydrogen-bond donors (Lipinski definition) is 2. The van der Waals surface area contributed by atoms with Gasteiger partial charge < -0.3 is 5.32 Å². The van der Waals surface area contributed by atoms with Crippen LogP contribution in [0.1, 0.15) is 11.1 Å². The molecule has 94 valence electrons. The van der Waals surface area contributed by atoms with Crippen molar-refractivity contribution >= 4 is 23.2 Å². The summed E-state index contributed by atoms with van der Waals surface area (Å²) in [5.74, 6) is 0. The average molecular weight is 268 g/mol. The Hall–Kier alpha value is -2.20. The fraction of sp³-hybridized carbons (Fsp3) is 0.0667. The lowest BCUT2D eigenvalue weighted by atomic mass is 9.83. The summed E-state index contributed by atoms with van der Waals surface area (Å²) in [6.07, 6.45) is 0. The van der Waals surface area contributed by atoms with Crippen molar-refractivity contribution in [2.24, 2.45) is 0 Å². The molecule has 0 radical (unpaired) electrons. The number of benzene rings is 2. The molecule has 0 spiro atoms. The average Bonchev–Trinajstić information content (AvgIpc) is 2.76. The Morgan fingerprint density at radius 3 is 1.68 bits per heavy atom. The molecule has 3 nitrogen and oxygen atoms in total. The smallest absolute Gasteiger partial charge is 0.318 e. The Morgan fingerprint density at radius 2 is 1.32 bits per heavy atom. The molecular formula is C15H12N2OS. The summed E-state index contributed by atoms with van der Waals surface area (Å²) >= 11 is 5.40. The number of rotatable bonds is 2. The van der Waals surface area contributed by atoms with Gasteiger partial charge in [0.15, 0.2) is 0 Å². The first-order chi connectivity index (χ1) is 9.23. The molecule has 2 N–H and O–H groups in total. The monoisotopic (exact) mass is 268 g/mol. The van der Waals surface area contributed by atoms with Gasteiger partial charge in [0, 0.05) is 0 Å². The van der Waals surface area contributed by atoms with Crippen molar-refractivity contribution in [1.82, 2.24) is 10.6 Å². The van der Waals surface area contributed by atoms with E-state index in [4.69, 9.17) is 12.2 Å². The van der Waals surface area contributed by atoms with Crippen molar-refractivity contribution in [3.8, 4) is 0 Å². The molecule has 0 aromatic heterocycles. The summed E-state index contributed by atoms with van der Waals surface area (Å²) in [6, 6.07) is 19.2. The van der Waals surface area contributed by atoms with Crippen LogP contribution in [0.25, 0.3) is 0 Å². The minimum atomic E-state index is -0.769. The van der Waals surface area contributed by atoms with Crippen molar-refractivity contribution in [1.29, 1.82) is 0 Å². The highest BCUT2D eigenvalue weighted by Crippen LogP contribution is 2.33. The van der Waals surface area contributed by atoms with E-state index in [9.17, 15) is 4.79 Å². The molecule has 1 aliphatic heterocycles. The van der Waals surface area contributed by atoms with Crippen LogP contribution in [-0.2, 0) is 5.54 Å². The van der Waals surface area contributed by atoms with Crippen LogP contribution in [0.5, 0.6) is 0 Å². The molecule has 3 rings (SSSR count). The summed E-state index contributed by atoms with van der Waals surface area (Å²) in [4.78, 5) is 12.2. The van der Waals surface area contributed by atoms with E-state index in [2.05, 4.69) is 10.6 Å². The van der Waals surface area contributed by atoms with Gasteiger partial charge in [-0.15, -0.1) is 0 Å². The zero-order valence-corrected chi connectivity index (χ0v) is 10.9. The SMILES string of the molecule is O=C1NC(=S)C(c2ccccc2)(c2ccccc2)N1. The molecular weight excluding hydrogens is 256 g/mol. The van der Waals surface area contributed by atoms with Gasteiger partial charge in [0.2, 0.25) is 0 Å². The lowest BCUT2D eigenvalue weighted by Gasteiger charge is -2.29. The third-order valence-electron chi connectivity index (χ3n) is 3.28. The van der Waals surface area contributed by atoms with Gasteiger partial charge >= 0.3 is 6.03 Å². The second-order valence-corrected chi connectivity index (χ2v) is 4.80. The lowest BCUT2D eigenvalue weighted by molar-refractivity contribution is 0.246. The molecule has 1 heterocycles. The zero-order valence-electron chi connectivity index (χ0n) is 10.1. The van der Waals surface area contributed by atoms with Gasteiger partial charge in [-0.25, -0.2) is 4.79 Å². The van der Waals surface area contributed by atoms with Crippen molar-refractivity contribution in [2.45, 2.75) is 5.54 Å². The lowest BCUT2D eigenvalue weighted by Crippen LogP contribution is -2.44. The van der Waals surface area contributed by atoms with Crippen molar-refractivity contribution in [2.75, 3.05) is 0 Å². The topological polar surface area (TPSA) is 41.1 Å².